The minimum Gasteiger partial charge on any atom is -0.312 e. The predicted octanol–water partition coefficient (Wildman–Crippen LogP) is 2.74. The maximum atomic E-state index is 12.4. The third-order valence-electron chi connectivity index (χ3n) is 2.07. The molecule has 1 unspecified atom stereocenters. The summed E-state index contributed by atoms with van der Waals surface area (Å²) in [7, 11) is 1.52. The molecule has 0 aliphatic rings. The molecule has 0 saturated carbocycles. The molecule has 0 amide bonds. The van der Waals surface area contributed by atoms with Crippen LogP contribution in [0, 0.1) is 0 Å². The van der Waals surface area contributed by atoms with Crippen LogP contribution in [-0.2, 0) is 6.42 Å². The largest absolute Gasteiger partial charge is 0.312 e. The van der Waals surface area contributed by atoms with E-state index in [9.17, 15) is 8.78 Å². The van der Waals surface area contributed by atoms with Crippen LogP contribution in [0.15, 0.2) is 24.3 Å². The lowest BCUT2D eigenvalue weighted by Gasteiger charge is -2.15. The maximum Gasteiger partial charge on any atom is 0.254 e. The van der Waals surface area contributed by atoms with Gasteiger partial charge in [-0.15, -0.1) is 0 Å². The van der Waals surface area contributed by atoms with Crippen LogP contribution in [-0.4, -0.2) is 19.5 Å². The van der Waals surface area contributed by atoms with Crippen LogP contribution in [0.5, 0.6) is 0 Å². The van der Waals surface area contributed by atoms with Crippen LogP contribution >= 0.6 is 11.6 Å². The minimum absolute atomic E-state index is 0.244. The summed E-state index contributed by atoms with van der Waals surface area (Å²) in [4.78, 5) is 0. The highest BCUT2D eigenvalue weighted by Crippen LogP contribution is 2.18. The number of hydrogen-bond donors (Lipinski definition) is 1. The number of likely N-dealkylation sites (N-methyl/N-ethyl adjacent to an activating group) is 1. The van der Waals surface area contributed by atoms with Crippen LogP contribution in [0.1, 0.15) is 5.56 Å². The van der Waals surface area contributed by atoms with E-state index in [1.807, 2.05) is 0 Å². The van der Waals surface area contributed by atoms with Crippen molar-refractivity contribution in [2.75, 3.05) is 7.05 Å². The molecule has 0 heterocycles. The van der Waals surface area contributed by atoms with Crippen LogP contribution in [0.4, 0.5) is 8.78 Å². The fraction of sp³-hybridized carbons (Fsp3) is 0.400. The fourth-order valence-electron chi connectivity index (χ4n) is 1.22. The molecule has 0 radical (unpaired) electrons. The average molecular weight is 220 g/mol. The Balaban J connectivity index is 2.72. The van der Waals surface area contributed by atoms with Gasteiger partial charge < -0.3 is 5.32 Å². The van der Waals surface area contributed by atoms with Gasteiger partial charge in [-0.1, -0.05) is 29.8 Å². The molecule has 1 aromatic carbocycles. The zero-order valence-electron chi connectivity index (χ0n) is 7.81. The first-order valence-electron chi connectivity index (χ1n) is 4.34. The summed E-state index contributed by atoms with van der Waals surface area (Å²) in [5.74, 6) is 0. The van der Waals surface area contributed by atoms with Crippen molar-refractivity contribution in [1.82, 2.24) is 5.32 Å². The number of nitrogens with one attached hydrogen (secondary N) is 1. The summed E-state index contributed by atoms with van der Waals surface area (Å²) in [6.07, 6.45) is -2.13. The molecule has 1 N–H and O–H groups in total. The highest BCUT2D eigenvalue weighted by atomic mass is 35.5. The van der Waals surface area contributed by atoms with E-state index in [0.717, 1.165) is 5.56 Å². The van der Waals surface area contributed by atoms with E-state index in [2.05, 4.69) is 5.32 Å². The molecule has 0 saturated heterocycles. The van der Waals surface area contributed by atoms with E-state index in [0.29, 0.717) is 5.02 Å². The van der Waals surface area contributed by atoms with Crippen LogP contribution in [0.25, 0.3) is 0 Å². The molecule has 0 fully saturated rings. The molecule has 78 valence electrons. The van der Waals surface area contributed by atoms with Crippen molar-refractivity contribution in [2.24, 2.45) is 0 Å². The number of halogens is 3. The third-order valence-corrected chi connectivity index (χ3v) is 2.44. The Kier molecular flexibility index (Phi) is 4.29. The monoisotopic (exact) mass is 219 g/mol. The Morgan fingerprint density at radius 3 is 2.50 bits per heavy atom. The van der Waals surface area contributed by atoms with Gasteiger partial charge in [0.15, 0.2) is 0 Å². The highest BCUT2D eigenvalue weighted by Gasteiger charge is 2.19. The van der Waals surface area contributed by atoms with E-state index >= 15 is 0 Å². The van der Waals surface area contributed by atoms with Crippen molar-refractivity contribution in [3.05, 3.63) is 34.9 Å². The average Bonchev–Trinajstić information content (AvgIpc) is 2.16. The first-order valence-corrected chi connectivity index (χ1v) is 4.71. The molecule has 14 heavy (non-hydrogen) atoms. The maximum absolute atomic E-state index is 12.4. The summed E-state index contributed by atoms with van der Waals surface area (Å²) >= 11 is 5.86. The first kappa shape index (κ1) is 11.4. The van der Waals surface area contributed by atoms with Gasteiger partial charge in [-0.25, -0.2) is 8.78 Å². The molecule has 4 heteroatoms. The molecule has 0 bridgehead atoms. The Morgan fingerprint density at radius 1 is 1.36 bits per heavy atom. The van der Waals surface area contributed by atoms with Crippen molar-refractivity contribution in [3.8, 4) is 0 Å². The lowest BCUT2D eigenvalue weighted by atomic mass is 10.1. The fourth-order valence-corrected chi connectivity index (χ4v) is 1.43. The van der Waals surface area contributed by atoms with Gasteiger partial charge in [0.05, 0.1) is 6.04 Å². The smallest absolute Gasteiger partial charge is 0.254 e. The second-order valence-corrected chi connectivity index (χ2v) is 3.43. The summed E-state index contributed by atoms with van der Waals surface area (Å²) in [6, 6.07) is 6.20. The number of benzene rings is 1. The molecular formula is C10H12ClF2N. The van der Waals surface area contributed by atoms with E-state index < -0.39 is 12.5 Å². The number of alkyl halides is 2. The quantitative estimate of drug-likeness (QED) is 0.821. The van der Waals surface area contributed by atoms with Crippen molar-refractivity contribution in [2.45, 2.75) is 18.9 Å². The molecule has 0 aromatic heterocycles. The molecule has 0 aliphatic carbocycles. The van der Waals surface area contributed by atoms with Gasteiger partial charge in [-0.05, 0) is 25.1 Å². The molecule has 0 spiro atoms. The van der Waals surface area contributed by atoms with Gasteiger partial charge in [0.1, 0.15) is 0 Å². The molecule has 1 nitrogen and oxygen atoms in total. The van der Waals surface area contributed by atoms with Gasteiger partial charge in [-0.3, -0.25) is 0 Å². The normalized spacial score (nSPS) is 13.2. The lowest BCUT2D eigenvalue weighted by Crippen LogP contribution is -2.34. The number of rotatable bonds is 4. The summed E-state index contributed by atoms with van der Waals surface area (Å²) < 4.78 is 24.8. The molecule has 1 atom stereocenters. The number of hydrogen-bond acceptors (Lipinski definition) is 1. The third kappa shape index (κ3) is 2.93. The SMILES string of the molecule is CNC(Cc1ccccc1Cl)C(F)F. The van der Waals surface area contributed by atoms with Crippen molar-refractivity contribution in [3.63, 3.8) is 0 Å². The van der Waals surface area contributed by atoms with Gasteiger partial charge in [0.2, 0.25) is 0 Å². The predicted molar refractivity (Wildman–Crippen MR) is 54.0 cm³/mol. The Labute approximate surface area is 87.1 Å². The van der Waals surface area contributed by atoms with Crippen molar-refractivity contribution in [1.29, 1.82) is 0 Å². The van der Waals surface area contributed by atoms with E-state index in [4.69, 9.17) is 11.6 Å². The second kappa shape index (κ2) is 5.27. The summed E-state index contributed by atoms with van der Waals surface area (Å²) in [5.41, 5.74) is 0.744. The van der Waals surface area contributed by atoms with Gasteiger partial charge in [0.25, 0.3) is 6.43 Å². The standard InChI is InChI=1S/C10H12ClF2N/c1-14-9(10(12)13)6-7-4-2-3-5-8(7)11/h2-5,9-10,14H,6H2,1H3. The second-order valence-electron chi connectivity index (χ2n) is 3.03. The Hall–Kier alpha value is -0.670. The van der Waals surface area contributed by atoms with Crippen LogP contribution in [0.3, 0.4) is 0 Å². The zero-order valence-corrected chi connectivity index (χ0v) is 8.56. The Bertz CT molecular complexity index is 291. The zero-order chi connectivity index (χ0) is 10.6. The lowest BCUT2D eigenvalue weighted by molar-refractivity contribution is 0.102. The van der Waals surface area contributed by atoms with E-state index in [1.54, 1.807) is 24.3 Å². The van der Waals surface area contributed by atoms with Gasteiger partial charge >= 0.3 is 0 Å². The van der Waals surface area contributed by atoms with Gasteiger partial charge in [0, 0.05) is 5.02 Å². The Morgan fingerprint density at radius 2 is 2.00 bits per heavy atom. The molecule has 1 aromatic rings. The first-order chi connectivity index (χ1) is 6.65. The van der Waals surface area contributed by atoms with Crippen LogP contribution < -0.4 is 5.32 Å². The van der Waals surface area contributed by atoms with Crippen LogP contribution in [0.2, 0.25) is 5.02 Å². The molecular weight excluding hydrogens is 208 g/mol. The molecule has 1 rings (SSSR count). The molecule has 0 aliphatic heterocycles. The van der Waals surface area contributed by atoms with E-state index in [-0.39, 0.29) is 6.42 Å². The van der Waals surface area contributed by atoms with E-state index in [1.165, 1.54) is 7.05 Å². The topological polar surface area (TPSA) is 12.0 Å². The summed E-state index contributed by atoms with van der Waals surface area (Å²) in [6.45, 7) is 0. The highest BCUT2D eigenvalue weighted by molar-refractivity contribution is 6.31. The van der Waals surface area contributed by atoms with Gasteiger partial charge in [-0.2, -0.15) is 0 Å². The minimum atomic E-state index is -2.38. The van der Waals surface area contributed by atoms with Crippen molar-refractivity contribution >= 4 is 11.6 Å². The van der Waals surface area contributed by atoms with Crippen molar-refractivity contribution < 1.29 is 8.78 Å². The summed E-state index contributed by atoms with van der Waals surface area (Å²) in [5, 5.41) is 3.10.